The second-order valence-corrected chi connectivity index (χ2v) is 7.09. The van der Waals surface area contributed by atoms with Crippen molar-refractivity contribution in [2.75, 3.05) is 33.8 Å². The molecule has 0 bridgehead atoms. The van der Waals surface area contributed by atoms with Crippen LogP contribution in [-0.4, -0.2) is 60.3 Å². The predicted octanol–water partition coefficient (Wildman–Crippen LogP) is 1.63. The summed E-state index contributed by atoms with van der Waals surface area (Å²) in [6.07, 6.45) is 4.05. The number of hydrogen-bond acceptors (Lipinski definition) is 5. The van der Waals surface area contributed by atoms with Gasteiger partial charge in [0.15, 0.2) is 6.61 Å². The predicted molar refractivity (Wildman–Crippen MR) is 112 cm³/mol. The Morgan fingerprint density at radius 2 is 2.17 bits per heavy atom. The highest BCUT2D eigenvalue weighted by Crippen LogP contribution is 2.16. The zero-order valence-corrected chi connectivity index (χ0v) is 17.6. The molecule has 1 aliphatic rings. The number of benzene rings is 1. The van der Waals surface area contributed by atoms with Crippen LogP contribution in [0.2, 0.25) is 0 Å². The number of carbonyl (C=O) groups is 2. The fourth-order valence-corrected chi connectivity index (χ4v) is 3.01. The molecule has 29 heavy (non-hydrogen) atoms. The summed E-state index contributed by atoms with van der Waals surface area (Å²) >= 11 is 0. The van der Waals surface area contributed by atoms with Gasteiger partial charge in [-0.15, -0.1) is 12.4 Å². The molecule has 158 valence electrons. The third-order valence-electron chi connectivity index (χ3n) is 4.70. The van der Waals surface area contributed by atoms with Gasteiger partial charge in [-0.1, -0.05) is 12.1 Å². The number of amides is 2. The first kappa shape index (κ1) is 22.7. The Labute approximate surface area is 177 Å². The summed E-state index contributed by atoms with van der Waals surface area (Å²) in [6, 6.07) is 9.38. The maximum Gasteiger partial charge on any atom is 0.272 e. The highest BCUT2D eigenvalue weighted by Gasteiger charge is 2.17. The third kappa shape index (κ3) is 6.47. The first-order valence-electron chi connectivity index (χ1n) is 9.49. The standard InChI is InChI=1S/C20H27N5O3.ClH/c1-24(2)19(26)14-28-17-7-3-5-15(11-17)12-22-20(27)18-8-10-25(23-18)16-6-4-9-21-13-16;/h3,5,7-8,10-11,16,21H,4,6,9,12-14H2,1-2H3,(H,22,27);1H. The smallest absolute Gasteiger partial charge is 0.272 e. The molecule has 2 amide bonds. The molecule has 1 aromatic heterocycles. The summed E-state index contributed by atoms with van der Waals surface area (Å²) in [4.78, 5) is 25.5. The lowest BCUT2D eigenvalue weighted by molar-refractivity contribution is -0.130. The molecule has 0 aliphatic carbocycles. The molecule has 1 unspecified atom stereocenters. The SMILES string of the molecule is CN(C)C(=O)COc1cccc(CNC(=O)c2ccn(C3CCCNC3)n2)c1.Cl. The van der Waals surface area contributed by atoms with Gasteiger partial charge in [-0.2, -0.15) is 5.10 Å². The van der Waals surface area contributed by atoms with E-state index < -0.39 is 0 Å². The molecule has 2 aromatic rings. The van der Waals surface area contributed by atoms with E-state index >= 15 is 0 Å². The quantitative estimate of drug-likeness (QED) is 0.709. The van der Waals surface area contributed by atoms with Crippen molar-refractivity contribution in [1.29, 1.82) is 0 Å². The third-order valence-corrected chi connectivity index (χ3v) is 4.70. The monoisotopic (exact) mass is 421 g/mol. The first-order chi connectivity index (χ1) is 13.5. The highest BCUT2D eigenvalue weighted by molar-refractivity contribution is 5.92. The number of carbonyl (C=O) groups excluding carboxylic acids is 2. The van der Waals surface area contributed by atoms with Gasteiger partial charge < -0.3 is 20.3 Å². The van der Waals surface area contributed by atoms with E-state index in [1.807, 2.05) is 29.1 Å². The molecular formula is C20H28ClN5O3. The zero-order valence-electron chi connectivity index (χ0n) is 16.8. The van der Waals surface area contributed by atoms with Crippen LogP contribution in [-0.2, 0) is 11.3 Å². The number of nitrogens with one attached hydrogen (secondary N) is 2. The molecule has 1 aromatic carbocycles. The van der Waals surface area contributed by atoms with Crippen LogP contribution in [0.4, 0.5) is 0 Å². The average Bonchev–Trinajstić information content (AvgIpc) is 3.21. The Balaban J connectivity index is 0.00000300. The van der Waals surface area contributed by atoms with Crippen molar-refractivity contribution in [3.05, 3.63) is 47.8 Å². The summed E-state index contributed by atoms with van der Waals surface area (Å²) in [7, 11) is 3.37. The molecule has 0 spiro atoms. The van der Waals surface area contributed by atoms with E-state index in [0.717, 1.165) is 31.5 Å². The van der Waals surface area contributed by atoms with Gasteiger partial charge in [0, 0.05) is 33.4 Å². The summed E-state index contributed by atoms with van der Waals surface area (Å²) in [5.74, 6) is 0.273. The van der Waals surface area contributed by atoms with Crippen LogP contribution in [0, 0.1) is 0 Å². The maximum absolute atomic E-state index is 12.4. The maximum atomic E-state index is 12.4. The minimum atomic E-state index is -0.211. The molecule has 1 saturated heterocycles. The Morgan fingerprint density at radius 1 is 1.34 bits per heavy atom. The average molecular weight is 422 g/mol. The molecule has 2 N–H and O–H groups in total. The second kappa shape index (κ2) is 10.8. The minimum Gasteiger partial charge on any atom is -0.484 e. The number of nitrogens with zero attached hydrogens (tertiary/aromatic N) is 3. The molecular weight excluding hydrogens is 394 g/mol. The molecule has 9 heteroatoms. The molecule has 1 fully saturated rings. The zero-order chi connectivity index (χ0) is 19.9. The lowest BCUT2D eigenvalue weighted by Gasteiger charge is -2.22. The van der Waals surface area contributed by atoms with E-state index in [0.29, 0.717) is 24.0 Å². The van der Waals surface area contributed by atoms with Crippen LogP contribution < -0.4 is 15.4 Å². The lowest BCUT2D eigenvalue weighted by Crippen LogP contribution is -2.32. The molecule has 0 saturated carbocycles. The number of aromatic nitrogens is 2. The fraction of sp³-hybridized carbons (Fsp3) is 0.450. The van der Waals surface area contributed by atoms with E-state index in [9.17, 15) is 9.59 Å². The highest BCUT2D eigenvalue weighted by atomic mass is 35.5. The topological polar surface area (TPSA) is 88.5 Å². The van der Waals surface area contributed by atoms with Gasteiger partial charge in [0.1, 0.15) is 11.4 Å². The van der Waals surface area contributed by atoms with Gasteiger partial charge >= 0.3 is 0 Å². The van der Waals surface area contributed by atoms with Gasteiger partial charge in [-0.05, 0) is 43.1 Å². The van der Waals surface area contributed by atoms with Crippen molar-refractivity contribution in [2.24, 2.45) is 0 Å². The van der Waals surface area contributed by atoms with Gasteiger partial charge in [-0.3, -0.25) is 14.3 Å². The van der Waals surface area contributed by atoms with Crippen LogP contribution in [0.15, 0.2) is 36.5 Å². The second-order valence-electron chi connectivity index (χ2n) is 7.09. The Hall–Kier alpha value is -2.58. The number of likely N-dealkylation sites (N-methyl/N-ethyl adjacent to an activating group) is 1. The minimum absolute atomic E-state index is 0. The van der Waals surface area contributed by atoms with E-state index in [4.69, 9.17) is 4.74 Å². The summed E-state index contributed by atoms with van der Waals surface area (Å²) in [5, 5.41) is 10.7. The number of piperidine rings is 1. The lowest BCUT2D eigenvalue weighted by atomic mass is 10.1. The van der Waals surface area contributed by atoms with Crippen LogP contribution in [0.5, 0.6) is 5.75 Å². The van der Waals surface area contributed by atoms with Gasteiger partial charge in [0.25, 0.3) is 11.8 Å². The number of hydrogen-bond donors (Lipinski definition) is 2. The van der Waals surface area contributed by atoms with Crippen LogP contribution >= 0.6 is 12.4 Å². The van der Waals surface area contributed by atoms with Gasteiger partial charge in [-0.25, -0.2) is 0 Å². The molecule has 2 heterocycles. The Morgan fingerprint density at radius 3 is 2.90 bits per heavy atom. The van der Waals surface area contributed by atoms with Crippen molar-refractivity contribution >= 4 is 24.2 Å². The molecule has 1 atom stereocenters. The Bertz CT molecular complexity index is 818. The molecule has 8 nitrogen and oxygen atoms in total. The fourth-order valence-electron chi connectivity index (χ4n) is 3.01. The summed E-state index contributed by atoms with van der Waals surface area (Å²) < 4.78 is 7.38. The van der Waals surface area contributed by atoms with Crippen molar-refractivity contribution in [3.8, 4) is 5.75 Å². The van der Waals surface area contributed by atoms with E-state index in [1.54, 1.807) is 26.2 Å². The van der Waals surface area contributed by atoms with Gasteiger partial charge in [0.2, 0.25) is 0 Å². The van der Waals surface area contributed by atoms with E-state index in [2.05, 4.69) is 15.7 Å². The molecule has 3 rings (SSSR count). The van der Waals surface area contributed by atoms with Crippen LogP contribution in [0.1, 0.15) is 34.9 Å². The van der Waals surface area contributed by atoms with Gasteiger partial charge in [0.05, 0.1) is 6.04 Å². The molecule has 1 aliphatic heterocycles. The first-order valence-corrected chi connectivity index (χ1v) is 9.49. The van der Waals surface area contributed by atoms with Crippen molar-refractivity contribution in [2.45, 2.75) is 25.4 Å². The Kier molecular flexibility index (Phi) is 8.48. The van der Waals surface area contributed by atoms with Crippen LogP contribution in [0.3, 0.4) is 0 Å². The van der Waals surface area contributed by atoms with E-state index in [1.165, 1.54) is 4.90 Å². The number of ether oxygens (including phenoxy) is 1. The summed E-state index contributed by atoms with van der Waals surface area (Å²) in [6.45, 7) is 2.26. The number of rotatable bonds is 7. The van der Waals surface area contributed by atoms with Crippen molar-refractivity contribution in [3.63, 3.8) is 0 Å². The summed E-state index contributed by atoms with van der Waals surface area (Å²) in [5.41, 5.74) is 1.30. The number of halogens is 1. The largest absolute Gasteiger partial charge is 0.484 e. The van der Waals surface area contributed by atoms with Crippen molar-refractivity contribution < 1.29 is 14.3 Å². The van der Waals surface area contributed by atoms with Crippen molar-refractivity contribution in [1.82, 2.24) is 25.3 Å². The van der Waals surface area contributed by atoms with Crippen LogP contribution in [0.25, 0.3) is 0 Å². The normalized spacial score (nSPS) is 15.9. The van der Waals surface area contributed by atoms with E-state index in [-0.39, 0.29) is 30.8 Å². The molecule has 0 radical (unpaired) electrons.